The highest BCUT2D eigenvalue weighted by Gasteiger charge is 2.19. The van der Waals surface area contributed by atoms with Crippen LogP contribution in [0.25, 0.3) is 0 Å². The second kappa shape index (κ2) is 11.9. The molecule has 1 aromatic rings. The zero-order valence-electron chi connectivity index (χ0n) is 18.7. The van der Waals surface area contributed by atoms with Crippen molar-refractivity contribution in [2.24, 2.45) is 11.8 Å². The van der Waals surface area contributed by atoms with Crippen LogP contribution in [0.2, 0.25) is 0 Å². The van der Waals surface area contributed by atoms with Gasteiger partial charge in [-0.15, -0.1) is 0 Å². The predicted molar refractivity (Wildman–Crippen MR) is 119 cm³/mol. The molecule has 2 aliphatic rings. The van der Waals surface area contributed by atoms with E-state index in [9.17, 15) is 10.2 Å². The third-order valence-electron chi connectivity index (χ3n) is 6.40. The predicted octanol–water partition coefficient (Wildman–Crippen LogP) is 2.63. The summed E-state index contributed by atoms with van der Waals surface area (Å²) in [6, 6.07) is 7.40. The molecule has 2 N–H and O–H groups in total. The molecule has 2 saturated heterocycles. The molecule has 6 nitrogen and oxygen atoms in total. The van der Waals surface area contributed by atoms with Gasteiger partial charge in [-0.1, -0.05) is 13.8 Å². The number of nitrogens with zero attached hydrogens (tertiary/aromatic N) is 2. The molecular weight excluding hydrogens is 380 g/mol. The summed E-state index contributed by atoms with van der Waals surface area (Å²) in [5.74, 6) is 3.03. The Labute approximate surface area is 181 Å². The van der Waals surface area contributed by atoms with Gasteiger partial charge in [0.25, 0.3) is 0 Å². The molecule has 2 heterocycles. The average Bonchev–Trinajstić information content (AvgIpc) is 2.75. The minimum atomic E-state index is -0.484. The zero-order chi connectivity index (χ0) is 21.3. The number of piperidine rings is 2. The van der Waals surface area contributed by atoms with Gasteiger partial charge in [0.15, 0.2) is 0 Å². The lowest BCUT2D eigenvalue weighted by Crippen LogP contribution is -2.40. The first-order valence-corrected chi connectivity index (χ1v) is 11.6. The minimum absolute atomic E-state index is 0.291. The molecule has 30 heavy (non-hydrogen) atoms. The molecule has 0 aromatic heterocycles. The van der Waals surface area contributed by atoms with E-state index < -0.39 is 12.2 Å². The molecular formula is C24H40N2O4. The van der Waals surface area contributed by atoms with E-state index in [1.165, 1.54) is 25.7 Å². The molecule has 0 saturated carbocycles. The molecule has 0 amide bonds. The van der Waals surface area contributed by atoms with E-state index in [1.54, 1.807) is 0 Å². The number of hydrogen-bond acceptors (Lipinski definition) is 6. The summed E-state index contributed by atoms with van der Waals surface area (Å²) < 4.78 is 11.5. The summed E-state index contributed by atoms with van der Waals surface area (Å²) in [5, 5.41) is 20.5. The number of aliphatic hydroxyl groups excluding tert-OH is 2. The molecule has 2 fully saturated rings. The Kier molecular flexibility index (Phi) is 9.25. The molecule has 170 valence electrons. The van der Waals surface area contributed by atoms with E-state index in [1.807, 2.05) is 24.3 Å². The van der Waals surface area contributed by atoms with Crippen molar-refractivity contribution < 1.29 is 19.7 Å². The number of β-amino-alcohol motifs (C(OH)–C–C–N with tert-alkyl or cyclic N) is 2. The van der Waals surface area contributed by atoms with Gasteiger partial charge in [0.05, 0.1) is 0 Å². The normalized spacial score (nSPS) is 22.0. The maximum Gasteiger partial charge on any atom is 0.119 e. The Morgan fingerprint density at radius 1 is 0.733 bits per heavy atom. The van der Waals surface area contributed by atoms with Crippen LogP contribution >= 0.6 is 0 Å². The van der Waals surface area contributed by atoms with E-state index in [0.717, 1.165) is 49.5 Å². The number of rotatable bonds is 10. The molecule has 0 spiro atoms. The molecule has 0 radical (unpaired) electrons. The van der Waals surface area contributed by atoms with E-state index in [0.29, 0.717) is 26.3 Å². The second-order valence-electron chi connectivity index (χ2n) is 9.37. The SMILES string of the molecule is CC1CCN(C[C@@H](O)COc2ccc(OC[C@H](O)CN3CCC(C)CC3)cc2)CC1. The summed E-state index contributed by atoms with van der Waals surface area (Å²) in [6.07, 6.45) is 3.87. The third-order valence-corrected chi connectivity index (χ3v) is 6.40. The lowest BCUT2D eigenvalue weighted by Gasteiger charge is -2.31. The standard InChI is InChI=1S/C24H40N2O4/c1-19-7-11-25(12-8-19)15-21(27)17-29-23-3-5-24(6-4-23)30-18-22(28)16-26-13-9-20(2)10-14-26/h3-6,19-22,27-28H,7-18H2,1-2H3/t21-,22-/m1/s1. The molecule has 1 aromatic carbocycles. The summed E-state index contributed by atoms with van der Waals surface area (Å²) >= 11 is 0. The number of likely N-dealkylation sites (tertiary alicyclic amines) is 2. The number of hydrogen-bond donors (Lipinski definition) is 2. The first kappa shape index (κ1) is 23.3. The van der Waals surface area contributed by atoms with Crippen molar-refractivity contribution in [1.82, 2.24) is 9.80 Å². The van der Waals surface area contributed by atoms with Crippen LogP contribution in [-0.4, -0.2) is 84.7 Å². The van der Waals surface area contributed by atoms with Crippen LogP contribution in [0.1, 0.15) is 39.5 Å². The fourth-order valence-corrected chi connectivity index (χ4v) is 4.21. The third kappa shape index (κ3) is 8.06. The van der Waals surface area contributed by atoms with E-state index in [4.69, 9.17) is 9.47 Å². The van der Waals surface area contributed by atoms with Gasteiger partial charge in [-0.25, -0.2) is 0 Å². The van der Waals surface area contributed by atoms with Gasteiger partial charge in [0.2, 0.25) is 0 Å². The van der Waals surface area contributed by atoms with Crippen molar-refractivity contribution in [3.63, 3.8) is 0 Å². The van der Waals surface area contributed by atoms with Crippen LogP contribution in [0.3, 0.4) is 0 Å². The van der Waals surface area contributed by atoms with Gasteiger partial charge < -0.3 is 29.5 Å². The van der Waals surface area contributed by atoms with Crippen molar-refractivity contribution in [1.29, 1.82) is 0 Å². The smallest absolute Gasteiger partial charge is 0.119 e. The molecule has 0 bridgehead atoms. The quantitative estimate of drug-likeness (QED) is 0.607. The number of benzene rings is 1. The molecule has 2 atom stereocenters. The highest BCUT2D eigenvalue weighted by Crippen LogP contribution is 2.20. The summed E-state index contributed by atoms with van der Waals surface area (Å²) in [4.78, 5) is 4.64. The number of aliphatic hydroxyl groups is 2. The molecule has 0 unspecified atom stereocenters. The first-order chi connectivity index (χ1) is 14.5. The minimum Gasteiger partial charge on any atom is -0.491 e. The monoisotopic (exact) mass is 420 g/mol. The van der Waals surface area contributed by atoms with Gasteiger partial charge in [0, 0.05) is 13.1 Å². The topological polar surface area (TPSA) is 65.4 Å². The van der Waals surface area contributed by atoms with Crippen LogP contribution in [-0.2, 0) is 0 Å². The zero-order valence-corrected chi connectivity index (χ0v) is 18.7. The summed E-state index contributed by atoms with van der Waals surface area (Å²) in [6.45, 7) is 10.8. The van der Waals surface area contributed by atoms with E-state index in [-0.39, 0.29) is 0 Å². The highest BCUT2D eigenvalue weighted by atomic mass is 16.5. The average molecular weight is 421 g/mol. The maximum absolute atomic E-state index is 10.3. The Hall–Kier alpha value is -1.34. The number of ether oxygens (including phenoxy) is 2. The first-order valence-electron chi connectivity index (χ1n) is 11.6. The lowest BCUT2D eigenvalue weighted by atomic mass is 9.99. The van der Waals surface area contributed by atoms with Gasteiger partial charge in [-0.05, 0) is 88.0 Å². The van der Waals surface area contributed by atoms with E-state index in [2.05, 4.69) is 23.6 Å². The van der Waals surface area contributed by atoms with Crippen molar-refractivity contribution in [2.45, 2.75) is 51.7 Å². The van der Waals surface area contributed by atoms with Gasteiger partial charge >= 0.3 is 0 Å². The van der Waals surface area contributed by atoms with Crippen molar-refractivity contribution >= 4 is 0 Å². The largest absolute Gasteiger partial charge is 0.491 e. The molecule has 0 aliphatic carbocycles. The van der Waals surface area contributed by atoms with Crippen LogP contribution in [0, 0.1) is 11.8 Å². The van der Waals surface area contributed by atoms with Gasteiger partial charge in [0.1, 0.15) is 36.9 Å². The second-order valence-corrected chi connectivity index (χ2v) is 9.37. The Bertz CT molecular complexity index is 543. The maximum atomic E-state index is 10.3. The highest BCUT2D eigenvalue weighted by molar-refractivity contribution is 5.31. The van der Waals surface area contributed by atoms with Gasteiger partial charge in [-0.3, -0.25) is 0 Å². The van der Waals surface area contributed by atoms with Crippen molar-refractivity contribution in [3.8, 4) is 11.5 Å². The Morgan fingerprint density at radius 2 is 1.07 bits per heavy atom. The summed E-state index contributed by atoms with van der Waals surface area (Å²) in [7, 11) is 0. The van der Waals surface area contributed by atoms with Gasteiger partial charge in [-0.2, -0.15) is 0 Å². The molecule has 6 heteroatoms. The van der Waals surface area contributed by atoms with Crippen molar-refractivity contribution in [2.75, 3.05) is 52.5 Å². The van der Waals surface area contributed by atoms with E-state index >= 15 is 0 Å². The summed E-state index contributed by atoms with van der Waals surface area (Å²) in [5.41, 5.74) is 0. The molecule has 2 aliphatic heterocycles. The Balaban J connectivity index is 1.31. The van der Waals surface area contributed by atoms with Crippen molar-refractivity contribution in [3.05, 3.63) is 24.3 Å². The Morgan fingerprint density at radius 3 is 1.40 bits per heavy atom. The van der Waals surface area contributed by atoms with Crippen LogP contribution in [0.4, 0.5) is 0 Å². The van der Waals surface area contributed by atoms with Crippen LogP contribution < -0.4 is 9.47 Å². The fourth-order valence-electron chi connectivity index (χ4n) is 4.21. The van der Waals surface area contributed by atoms with Crippen LogP contribution in [0.5, 0.6) is 11.5 Å². The lowest BCUT2D eigenvalue weighted by molar-refractivity contribution is 0.0552. The van der Waals surface area contributed by atoms with Crippen LogP contribution in [0.15, 0.2) is 24.3 Å². The fraction of sp³-hybridized carbons (Fsp3) is 0.750. The molecule has 3 rings (SSSR count).